The van der Waals surface area contributed by atoms with E-state index in [1.165, 1.54) is 11.3 Å². The number of nitrogens with zero attached hydrogens (tertiary/aromatic N) is 2. The fourth-order valence-corrected chi connectivity index (χ4v) is 4.04. The minimum atomic E-state index is -0.0473. The van der Waals surface area contributed by atoms with Crippen molar-refractivity contribution in [1.29, 1.82) is 0 Å². The minimum Gasteiger partial charge on any atom is -0.300 e. The van der Waals surface area contributed by atoms with Gasteiger partial charge < -0.3 is 0 Å². The highest BCUT2D eigenvalue weighted by atomic mass is 79.9. The van der Waals surface area contributed by atoms with E-state index in [-0.39, 0.29) is 11.3 Å². The highest BCUT2D eigenvalue weighted by molar-refractivity contribution is 9.10. The van der Waals surface area contributed by atoms with E-state index in [1.807, 2.05) is 29.6 Å². The maximum atomic E-state index is 13.2. The van der Waals surface area contributed by atoms with Gasteiger partial charge in [0.05, 0.1) is 5.39 Å². The van der Waals surface area contributed by atoms with Crippen molar-refractivity contribution < 1.29 is 4.79 Å². The standard InChI is InChI=1S/C19H19BrN2O2S/c1-3-4-16-21-18-17(19(24)22(16)10-9-12(2)23)15(11-25-18)13-5-7-14(20)8-6-13/h5-8,11H,3-4,9-10H2,1-2H3. The second kappa shape index (κ2) is 7.62. The summed E-state index contributed by atoms with van der Waals surface area (Å²) >= 11 is 4.94. The third-order valence-corrected chi connectivity index (χ3v) is 5.49. The Morgan fingerprint density at radius 2 is 2.00 bits per heavy atom. The molecule has 0 atom stereocenters. The summed E-state index contributed by atoms with van der Waals surface area (Å²) < 4.78 is 2.68. The van der Waals surface area contributed by atoms with Crippen LogP contribution < -0.4 is 5.56 Å². The van der Waals surface area contributed by atoms with E-state index in [2.05, 4.69) is 22.9 Å². The van der Waals surface area contributed by atoms with E-state index >= 15 is 0 Å². The zero-order valence-electron chi connectivity index (χ0n) is 14.2. The Bertz CT molecular complexity index is 973. The Morgan fingerprint density at radius 3 is 2.64 bits per heavy atom. The zero-order valence-corrected chi connectivity index (χ0v) is 16.6. The van der Waals surface area contributed by atoms with E-state index in [9.17, 15) is 9.59 Å². The number of benzene rings is 1. The molecule has 3 aromatic rings. The molecule has 0 spiro atoms. The van der Waals surface area contributed by atoms with E-state index in [0.29, 0.717) is 18.4 Å². The number of hydrogen-bond acceptors (Lipinski definition) is 4. The van der Waals surface area contributed by atoms with Crippen LogP contribution in [0.5, 0.6) is 0 Å². The molecule has 0 fully saturated rings. The van der Waals surface area contributed by atoms with Crippen molar-refractivity contribution in [3.8, 4) is 11.1 Å². The first kappa shape index (κ1) is 18.0. The first-order chi connectivity index (χ1) is 12.0. The molecule has 0 unspecified atom stereocenters. The van der Waals surface area contributed by atoms with E-state index in [4.69, 9.17) is 4.98 Å². The van der Waals surface area contributed by atoms with Crippen LogP contribution in [-0.4, -0.2) is 15.3 Å². The van der Waals surface area contributed by atoms with Crippen LogP contribution in [0.4, 0.5) is 0 Å². The first-order valence-corrected chi connectivity index (χ1v) is 9.94. The lowest BCUT2D eigenvalue weighted by molar-refractivity contribution is -0.117. The molecule has 3 rings (SSSR count). The average Bonchev–Trinajstić information content (AvgIpc) is 2.99. The molecule has 0 N–H and O–H groups in total. The summed E-state index contributed by atoms with van der Waals surface area (Å²) in [4.78, 5) is 30.1. The van der Waals surface area contributed by atoms with Crippen LogP contribution in [0.25, 0.3) is 21.3 Å². The molecule has 0 saturated heterocycles. The number of aromatic nitrogens is 2. The Kier molecular flexibility index (Phi) is 5.49. The number of aryl methyl sites for hydroxylation is 1. The molecular weight excluding hydrogens is 400 g/mol. The van der Waals surface area contributed by atoms with Crippen LogP contribution in [0.15, 0.2) is 38.9 Å². The summed E-state index contributed by atoms with van der Waals surface area (Å²) in [5, 5.41) is 2.64. The van der Waals surface area contributed by atoms with Gasteiger partial charge in [-0.15, -0.1) is 11.3 Å². The van der Waals surface area contributed by atoms with Crippen molar-refractivity contribution in [3.63, 3.8) is 0 Å². The molecule has 1 aromatic carbocycles. The van der Waals surface area contributed by atoms with Crippen molar-refractivity contribution >= 4 is 43.3 Å². The minimum absolute atomic E-state index is 0.0473. The lowest BCUT2D eigenvalue weighted by atomic mass is 10.1. The van der Waals surface area contributed by atoms with Gasteiger partial charge in [0.15, 0.2) is 0 Å². The number of halogens is 1. The van der Waals surface area contributed by atoms with E-state index in [0.717, 1.165) is 39.1 Å². The Labute approximate surface area is 158 Å². The molecule has 0 saturated carbocycles. The average molecular weight is 419 g/mol. The number of ketones is 1. The van der Waals surface area contributed by atoms with Crippen molar-refractivity contribution in [2.75, 3.05) is 0 Å². The van der Waals surface area contributed by atoms with Gasteiger partial charge in [-0.05, 0) is 31.0 Å². The van der Waals surface area contributed by atoms with Crippen molar-refractivity contribution in [1.82, 2.24) is 9.55 Å². The monoisotopic (exact) mass is 418 g/mol. The summed E-state index contributed by atoms with van der Waals surface area (Å²) in [6, 6.07) is 7.91. The van der Waals surface area contributed by atoms with Gasteiger partial charge in [-0.1, -0.05) is 35.0 Å². The Balaban J connectivity index is 2.19. The van der Waals surface area contributed by atoms with Crippen LogP contribution in [0.1, 0.15) is 32.5 Å². The normalized spacial score (nSPS) is 11.2. The largest absolute Gasteiger partial charge is 0.300 e. The highest BCUT2D eigenvalue weighted by Crippen LogP contribution is 2.31. The van der Waals surface area contributed by atoms with Crippen LogP contribution in [-0.2, 0) is 17.8 Å². The molecule has 6 heteroatoms. The summed E-state index contributed by atoms with van der Waals surface area (Å²) in [5.74, 6) is 0.846. The predicted molar refractivity (Wildman–Crippen MR) is 106 cm³/mol. The Morgan fingerprint density at radius 1 is 1.28 bits per heavy atom. The highest BCUT2D eigenvalue weighted by Gasteiger charge is 2.17. The molecule has 0 radical (unpaired) electrons. The van der Waals surface area contributed by atoms with Gasteiger partial charge in [0.25, 0.3) is 5.56 Å². The molecule has 0 aliphatic rings. The van der Waals surface area contributed by atoms with Gasteiger partial charge in [0.1, 0.15) is 16.4 Å². The van der Waals surface area contributed by atoms with Gasteiger partial charge in [-0.2, -0.15) is 0 Å². The van der Waals surface area contributed by atoms with Crippen LogP contribution in [0.3, 0.4) is 0 Å². The van der Waals surface area contributed by atoms with Gasteiger partial charge in [-0.3, -0.25) is 14.2 Å². The molecule has 0 bridgehead atoms. The predicted octanol–water partition coefficient (Wildman–Crippen LogP) is 4.82. The fourth-order valence-electron chi connectivity index (χ4n) is 2.82. The number of carbonyl (C=O) groups is 1. The number of Topliss-reactive ketones (excluding diaryl/α,β-unsaturated/α-hetero) is 1. The van der Waals surface area contributed by atoms with E-state index in [1.54, 1.807) is 11.5 Å². The van der Waals surface area contributed by atoms with Gasteiger partial charge in [0, 0.05) is 34.8 Å². The topological polar surface area (TPSA) is 52.0 Å². The van der Waals surface area contributed by atoms with Crippen molar-refractivity contribution in [3.05, 3.63) is 50.3 Å². The van der Waals surface area contributed by atoms with Crippen LogP contribution in [0.2, 0.25) is 0 Å². The lowest BCUT2D eigenvalue weighted by Gasteiger charge is -2.11. The quantitative estimate of drug-likeness (QED) is 0.576. The van der Waals surface area contributed by atoms with Crippen molar-refractivity contribution in [2.24, 2.45) is 0 Å². The summed E-state index contributed by atoms with van der Waals surface area (Å²) in [7, 11) is 0. The smallest absolute Gasteiger partial charge is 0.262 e. The number of hydrogen-bond donors (Lipinski definition) is 0. The summed E-state index contributed by atoms with van der Waals surface area (Å²) in [6.45, 7) is 4.00. The number of rotatable bonds is 6. The molecule has 2 aromatic heterocycles. The first-order valence-electron chi connectivity index (χ1n) is 8.27. The second-order valence-electron chi connectivity index (χ2n) is 6.02. The Hall–Kier alpha value is -1.79. The number of carbonyl (C=O) groups excluding carboxylic acids is 1. The van der Waals surface area contributed by atoms with Gasteiger partial charge in [-0.25, -0.2) is 4.98 Å². The maximum absolute atomic E-state index is 13.2. The summed E-state index contributed by atoms with van der Waals surface area (Å²) in [6.07, 6.45) is 1.99. The number of fused-ring (bicyclic) bond motifs is 1. The molecule has 0 aliphatic carbocycles. The molecule has 0 aliphatic heterocycles. The maximum Gasteiger partial charge on any atom is 0.262 e. The molecule has 2 heterocycles. The molecule has 25 heavy (non-hydrogen) atoms. The third-order valence-electron chi connectivity index (χ3n) is 4.09. The zero-order chi connectivity index (χ0) is 18.0. The lowest BCUT2D eigenvalue weighted by Crippen LogP contribution is -2.26. The second-order valence-corrected chi connectivity index (χ2v) is 7.80. The molecule has 130 valence electrons. The fraction of sp³-hybridized carbons (Fsp3) is 0.316. The third kappa shape index (κ3) is 3.75. The van der Waals surface area contributed by atoms with Crippen LogP contribution >= 0.6 is 27.3 Å². The molecular formula is C19H19BrN2O2S. The van der Waals surface area contributed by atoms with Crippen LogP contribution in [0, 0.1) is 0 Å². The SMILES string of the molecule is CCCc1nc2scc(-c3ccc(Br)cc3)c2c(=O)n1CCC(C)=O. The van der Waals surface area contributed by atoms with E-state index < -0.39 is 0 Å². The number of thiophene rings is 1. The molecule has 0 amide bonds. The molecule has 4 nitrogen and oxygen atoms in total. The van der Waals surface area contributed by atoms with Crippen molar-refractivity contribution in [2.45, 2.75) is 39.7 Å². The van der Waals surface area contributed by atoms with Gasteiger partial charge in [0.2, 0.25) is 0 Å². The summed E-state index contributed by atoms with van der Waals surface area (Å²) in [5.41, 5.74) is 1.85. The van der Waals surface area contributed by atoms with Gasteiger partial charge >= 0.3 is 0 Å².